The van der Waals surface area contributed by atoms with Gasteiger partial charge in [0.1, 0.15) is 6.04 Å². The van der Waals surface area contributed by atoms with E-state index in [1.54, 1.807) is 19.2 Å². The number of benzene rings is 1. The molecule has 0 spiro atoms. The van der Waals surface area contributed by atoms with E-state index >= 15 is 0 Å². The normalized spacial score (nSPS) is 13.0. The van der Waals surface area contributed by atoms with E-state index in [1.807, 2.05) is 19.1 Å². The first-order valence-corrected chi connectivity index (χ1v) is 10.5. The van der Waals surface area contributed by atoms with Crippen molar-refractivity contribution in [2.75, 3.05) is 13.6 Å². The molecule has 3 amide bonds. The van der Waals surface area contributed by atoms with Crippen molar-refractivity contribution in [1.82, 2.24) is 16.1 Å². The number of rotatable bonds is 14. The molecular weight excluding hydrogens is 384 g/mol. The molecule has 5 N–H and O–H groups in total. The Morgan fingerprint density at radius 1 is 1.13 bits per heavy atom. The molecule has 1 aromatic rings. The Balaban J connectivity index is 2.39. The molecule has 1 rings (SSSR count). The van der Waals surface area contributed by atoms with Crippen molar-refractivity contribution in [2.45, 2.75) is 59.1 Å². The highest BCUT2D eigenvalue weighted by Gasteiger charge is 2.21. The fraction of sp³-hybridized carbons (Fsp3) is 0.591. The van der Waals surface area contributed by atoms with E-state index in [-0.39, 0.29) is 17.7 Å². The van der Waals surface area contributed by atoms with E-state index in [2.05, 4.69) is 30.0 Å². The molecule has 2 atom stereocenters. The first kappa shape index (κ1) is 25.6. The van der Waals surface area contributed by atoms with Crippen LogP contribution in [0.1, 0.15) is 62.4 Å². The molecule has 0 heterocycles. The minimum absolute atomic E-state index is 0.150. The van der Waals surface area contributed by atoms with Crippen molar-refractivity contribution in [3.8, 4) is 0 Å². The van der Waals surface area contributed by atoms with Crippen molar-refractivity contribution in [3.05, 3.63) is 35.4 Å². The number of hydrogen-bond donors (Lipinski definition) is 4. The van der Waals surface area contributed by atoms with E-state index in [9.17, 15) is 14.4 Å². The van der Waals surface area contributed by atoms with Gasteiger partial charge in [-0.05, 0) is 49.3 Å². The molecule has 0 saturated carbocycles. The zero-order valence-electron chi connectivity index (χ0n) is 18.5. The average Bonchev–Trinajstić information content (AvgIpc) is 2.70. The van der Waals surface area contributed by atoms with Crippen LogP contribution in [0, 0.1) is 11.8 Å². The predicted octanol–water partition coefficient (Wildman–Crippen LogP) is 1.89. The van der Waals surface area contributed by atoms with Crippen molar-refractivity contribution in [3.63, 3.8) is 0 Å². The molecular formula is C22H36N4O4. The maximum atomic E-state index is 12.3. The zero-order valence-corrected chi connectivity index (χ0v) is 18.5. The molecule has 8 nitrogen and oxygen atoms in total. The number of hydroxylamine groups is 1. The molecule has 8 heteroatoms. The highest BCUT2D eigenvalue weighted by molar-refractivity contribution is 5.94. The van der Waals surface area contributed by atoms with Crippen LogP contribution in [0.25, 0.3) is 0 Å². The van der Waals surface area contributed by atoms with Crippen LogP contribution >= 0.6 is 0 Å². The molecule has 0 aromatic heterocycles. The van der Waals surface area contributed by atoms with E-state index < -0.39 is 11.9 Å². The van der Waals surface area contributed by atoms with Gasteiger partial charge in [-0.25, -0.2) is 5.48 Å². The van der Waals surface area contributed by atoms with E-state index in [0.717, 1.165) is 12.0 Å². The van der Waals surface area contributed by atoms with Crippen LogP contribution in [0.5, 0.6) is 0 Å². The Morgan fingerprint density at radius 2 is 1.87 bits per heavy atom. The number of amides is 3. The number of unbranched alkanes of at least 4 members (excludes halogenated alkanes) is 1. The van der Waals surface area contributed by atoms with Crippen molar-refractivity contribution in [2.24, 2.45) is 17.6 Å². The molecule has 0 aliphatic carbocycles. The summed E-state index contributed by atoms with van der Waals surface area (Å²) in [7, 11) is 1.68. The van der Waals surface area contributed by atoms with Crippen LogP contribution in [0.15, 0.2) is 24.3 Å². The largest absolute Gasteiger partial charge is 0.368 e. The zero-order chi connectivity index (χ0) is 22.5. The van der Waals surface area contributed by atoms with Gasteiger partial charge in [0.15, 0.2) is 0 Å². The highest BCUT2D eigenvalue weighted by atomic mass is 16.6. The third-order valence-corrected chi connectivity index (χ3v) is 4.71. The van der Waals surface area contributed by atoms with Gasteiger partial charge in [0.2, 0.25) is 11.8 Å². The number of carbonyl (C=O) groups is 3. The second-order valence-electron chi connectivity index (χ2n) is 7.94. The third kappa shape index (κ3) is 9.84. The van der Waals surface area contributed by atoms with Gasteiger partial charge in [0.05, 0.1) is 6.61 Å². The van der Waals surface area contributed by atoms with Gasteiger partial charge in [-0.3, -0.25) is 19.2 Å². The third-order valence-electron chi connectivity index (χ3n) is 4.71. The summed E-state index contributed by atoms with van der Waals surface area (Å²) in [4.78, 5) is 41.3. The minimum atomic E-state index is -0.688. The van der Waals surface area contributed by atoms with Gasteiger partial charge in [0, 0.05) is 25.1 Å². The van der Waals surface area contributed by atoms with Gasteiger partial charge < -0.3 is 16.4 Å². The lowest BCUT2D eigenvalue weighted by molar-refractivity contribution is -0.130. The summed E-state index contributed by atoms with van der Waals surface area (Å²) in [5, 5.41) is 5.62. The maximum Gasteiger partial charge on any atom is 0.251 e. The standard InChI is InChI=1S/C22H36N4O4/c1-15(2)12-16(3)21(28)26-19(20(23)27)10-5-6-11-25-22(29)18-9-7-8-17(13-18)14-30-24-4/h7-9,13,15-16,19,24H,5-6,10-12,14H2,1-4H3,(H2,23,27)(H,25,29)(H,26,28)/t16-,19-/m0/s1. The quantitative estimate of drug-likeness (QED) is 0.270. The second kappa shape index (κ2) is 13.7. The molecule has 0 radical (unpaired) electrons. The number of nitrogens with one attached hydrogen (secondary N) is 3. The summed E-state index contributed by atoms with van der Waals surface area (Å²) in [6.07, 6.45) is 2.53. The van der Waals surface area contributed by atoms with E-state index in [1.165, 1.54) is 0 Å². The molecule has 0 aliphatic heterocycles. The second-order valence-corrected chi connectivity index (χ2v) is 7.94. The fourth-order valence-corrected chi connectivity index (χ4v) is 3.15. The Kier molecular flexibility index (Phi) is 11.7. The summed E-state index contributed by atoms with van der Waals surface area (Å²) in [5.74, 6) is -0.616. The molecule has 0 aliphatic rings. The molecule has 0 bridgehead atoms. The molecule has 168 valence electrons. The van der Waals surface area contributed by atoms with Gasteiger partial charge in [-0.2, -0.15) is 0 Å². The van der Waals surface area contributed by atoms with Crippen LogP contribution in [0.3, 0.4) is 0 Å². The van der Waals surface area contributed by atoms with Gasteiger partial charge >= 0.3 is 0 Å². The van der Waals surface area contributed by atoms with Crippen LogP contribution in [0.2, 0.25) is 0 Å². The molecule has 30 heavy (non-hydrogen) atoms. The molecule has 1 aromatic carbocycles. The molecule has 0 saturated heterocycles. The first-order valence-electron chi connectivity index (χ1n) is 10.5. The fourth-order valence-electron chi connectivity index (χ4n) is 3.15. The number of primary amides is 1. The lowest BCUT2D eigenvalue weighted by Crippen LogP contribution is -2.46. The summed E-state index contributed by atoms with van der Waals surface area (Å²) in [6.45, 7) is 6.79. The van der Waals surface area contributed by atoms with Crippen molar-refractivity contribution >= 4 is 17.7 Å². The Morgan fingerprint density at radius 3 is 2.50 bits per heavy atom. The number of hydrogen-bond acceptors (Lipinski definition) is 5. The summed E-state index contributed by atoms with van der Waals surface area (Å²) >= 11 is 0. The van der Waals surface area contributed by atoms with E-state index in [0.29, 0.717) is 43.9 Å². The van der Waals surface area contributed by atoms with Gasteiger partial charge in [-0.15, -0.1) is 0 Å². The van der Waals surface area contributed by atoms with E-state index in [4.69, 9.17) is 10.6 Å². The number of carbonyl (C=O) groups excluding carboxylic acids is 3. The van der Waals surface area contributed by atoms with Crippen molar-refractivity contribution < 1.29 is 19.2 Å². The lowest BCUT2D eigenvalue weighted by Gasteiger charge is -2.19. The smallest absolute Gasteiger partial charge is 0.251 e. The van der Waals surface area contributed by atoms with Gasteiger partial charge in [0.25, 0.3) is 5.91 Å². The van der Waals surface area contributed by atoms with Crippen LogP contribution < -0.4 is 21.8 Å². The average molecular weight is 421 g/mol. The van der Waals surface area contributed by atoms with Gasteiger partial charge in [-0.1, -0.05) is 32.9 Å². The predicted molar refractivity (Wildman–Crippen MR) is 116 cm³/mol. The Labute approximate surface area is 179 Å². The minimum Gasteiger partial charge on any atom is -0.368 e. The van der Waals surface area contributed by atoms with Crippen molar-refractivity contribution in [1.29, 1.82) is 0 Å². The monoisotopic (exact) mass is 420 g/mol. The Hall–Kier alpha value is -2.45. The lowest BCUT2D eigenvalue weighted by atomic mass is 9.97. The summed E-state index contributed by atoms with van der Waals surface area (Å²) in [6, 6.07) is 6.53. The molecule has 0 fully saturated rings. The topological polar surface area (TPSA) is 123 Å². The van der Waals surface area contributed by atoms with Crippen LogP contribution in [-0.4, -0.2) is 37.4 Å². The number of nitrogens with two attached hydrogens (primary N) is 1. The van der Waals surface area contributed by atoms with Crippen LogP contribution in [-0.2, 0) is 21.0 Å². The van der Waals surface area contributed by atoms with Crippen LogP contribution in [0.4, 0.5) is 0 Å². The molecule has 0 unspecified atom stereocenters. The summed E-state index contributed by atoms with van der Waals surface area (Å²) < 4.78 is 0. The SMILES string of the molecule is CNOCc1cccc(C(=O)NCCCC[C@H](NC(=O)[C@@H](C)CC(C)C)C(N)=O)c1. The first-order chi connectivity index (χ1) is 14.2. The highest BCUT2D eigenvalue weighted by Crippen LogP contribution is 2.12. The Bertz CT molecular complexity index is 693. The maximum absolute atomic E-state index is 12.3. The summed E-state index contributed by atoms with van der Waals surface area (Å²) in [5.41, 5.74) is 9.49.